The number of nitrogens with zero attached hydrogens (tertiary/aromatic N) is 2. The minimum absolute atomic E-state index is 0.0819. The van der Waals surface area contributed by atoms with Crippen molar-refractivity contribution in [1.29, 1.82) is 0 Å². The molecule has 1 atom stereocenters. The number of amides is 2. The molecule has 9 nitrogen and oxygen atoms in total. The van der Waals surface area contributed by atoms with Crippen molar-refractivity contribution < 1.29 is 27.5 Å². The fraction of sp³-hybridized carbons (Fsp3) is 0.355. The molecule has 0 saturated carbocycles. The van der Waals surface area contributed by atoms with Gasteiger partial charge in [0.1, 0.15) is 24.1 Å². The van der Waals surface area contributed by atoms with Crippen molar-refractivity contribution in [1.82, 2.24) is 10.2 Å². The molecule has 11 heteroatoms. The van der Waals surface area contributed by atoms with E-state index in [1.165, 1.54) is 25.2 Å². The Bertz CT molecular complexity index is 1470. The number of hydrogen-bond donors (Lipinski definition) is 1. The van der Waals surface area contributed by atoms with E-state index in [2.05, 4.69) is 21.2 Å². The normalized spacial score (nSPS) is 12.3. The molecule has 2 amide bonds. The lowest BCUT2D eigenvalue weighted by Crippen LogP contribution is -2.56. The van der Waals surface area contributed by atoms with Gasteiger partial charge in [-0.2, -0.15) is 0 Å². The summed E-state index contributed by atoms with van der Waals surface area (Å²) in [6.07, 6.45) is 1.26. The Morgan fingerprint density at radius 1 is 0.929 bits per heavy atom. The molecule has 0 heterocycles. The average molecular weight is 661 g/mol. The molecule has 3 rings (SSSR count). The van der Waals surface area contributed by atoms with E-state index in [0.717, 1.165) is 26.2 Å². The number of carbonyl (C=O) groups is 2. The largest absolute Gasteiger partial charge is 0.497 e. The Morgan fingerprint density at radius 3 is 2.12 bits per heavy atom. The van der Waals surface area contributed by atoms with Gasteiger partial charge in [-0.1, -0.05) is 58.4 Å². The van der Waals surface area contributed by atoms with Gasteiger partial charge in [-0.15, -0.1) is 0 Å². The van der Waals surface area contributed by atoms with Crippen LogP contribution < -0.4 is 19.1 Å². The first-order chi connectivity index (χ1) is 19.7. The Kier molecular flexibility index (Phi) is 11.0. The number of benzene rings is 3. The highest BCUT2D eigenvalue weighted by atomic mass is 79.9. The Hall–Kier alpha value is -3.57. The quantitative estimate of drug-likeness (QED) is 0.300. The van der Waals surface area contributed by atoms with Crippen LogP contribution >= 0.6 is 15.9 Å². The first kappa shape index (κ1) is 32.9. The van der Waals surface area contributed by atoms with Crippen LogP contribution in [0.25, 0.3) is 0 Å². The highest BCUT2D eigenvalue weighted by Gasteiger charge is 2.35. The Morgan fingerprint density at radius 2 is 1.57 bits per heavy atom. The standard InChI is InChI=1S/C31H38BrN3O6S/c1-31(2,3)33-30(37)27(18-22-10-8-7-9-11-22)34(20-23-12-14-24(32)15-13-23)29(36)21-35(42(6,38)39)26-17-16-25(40-4)19-28(26)41-5/h7-17,19,27H,18,20-21H2,1-6H3,(H,33,37)/t27-/m1/s1. The number of halogens is 1. The summed E-state index contributed by atoms with van der Waals surface area (Å²) in [6.45, 7) is 5.14. The lowest BCUT2D eigenvalue weighted by molar-refractivity contribution is -0.140. The maximum atomic E-state index is 14.2. The van der Waals surface area contributed by atoms with Crippen molar-refractivity contribution in [2.24, 2.45) is 0 Å². The molecule has 0 spiro atoms. The highest BCUT2D eigenvalue weighted by Crippen LogP contribution is 2.34. The van der Waals surface area contributed by atoms with Gasteiger partial charge in [0.2, 0.25) is 21.8 Å². The molecule has 3 aromatic carbocycles. The Labute approximate surface area is 257 Å². The van der Waals surface area contributed by atoms with Crippen LogP contribution in [0.15, 0.2) is 77.3 Å². The Balaban J connectivity index is 2.10. The number of rotatable bonds is 12. The lowest BCUT2D eigenvalue weighted by Gasteiger charge is -2.35. The minimum atomic E-state index is -3.95. The number of hydrogen-bond acceptors (Lipinski definition) is 6. The topological polar surface area (TPSA) is 105 Å². The number of carbonyl (C=O) groups excluding carboxylic acids is 2. The zero-order chi connectivity index (χ0) is 31.1. The molecule has 0 aliphatic carbocycles. The van der Waals surface area contributed by atoms with Crippen LogP contribution in [0.2, 0.25) is 0 Å². The second kappa shape index (κ2) is 14.1. The van der Waals surface area contributed by atoms with Crippen LogP contribution in [0.1, 0.15) is 31.9 Å². The van der Waals surface area contributed by atoms with Crippen LogP contribution in [0, 0.1) is 0 Å². The molecule has 0 aromatic heterocycles. The molecule has 226 valence electrons. The van der Waals surface area contributed by atoms with Gasteiger partial charge in [0.15, 0.2) is 0 Å². The van der Waals surface area contributed by atoms with E-state index in [9.17, 15) is 18.0 Å². The SMILES string of the molecule is COc1ccc(N(CC(=O)N(Cc2ccc(Br)cc2)[C@H](Cc2ccccc2)C(=O)NC(C)(C)C)S(C)(=O)=O)c(OC)c1. The van der Waals surface area contributed by atoms with Gasteiger partial charge in [0.05, 0.1) is 26.2 Å². The van der Waals surface area contributed by atoms with Gasteiger partial charge in [0, 0.05) is 29.0 Å². The van der Waals surface area contributed by atoms with Crippen molar-refractivity contribution in [2.75, 3.05) is 31.3 Å². The fourth-order valence-corrected chi connectivity index (χ4v) is 5.50. The van der Waals surface area contributed by atoms with Gasteiger partial charge < -0.3 is 19.7 Å². The van der Waals surface area contributed by atoms with Crippen LogP contribution in [0.3, 0.4) is 0 Å². The van der Waals surface area contributed by atoms with E-state index in [0.29, 0.717) is 5.75 Å². The number of sulfonamides is 1. The van der Waals surface area contributed by atoms with E-state index in [1.54, 1.807) is 12.1 Å². The van der Waals surface area contributed by atoms with E-state index in [-0.39, 0.29) is 30.3 Å². The lowest BCUT2D eigenvalue weighted by atomic mass is 10.0. The summed E-state index contributed by atoms with van der Waals surface area (Å²) >= 11 is 3.44. The third-order valence-corrected chi connectivity index (χ3v) is 8.03. The molecule has 0 unspecified atom stereocenters. The van der Waals surface area contributed by atoms with Gasteiger partial charge in [-0.25, -0.2) is 8.42 Å². The third kappa shape index (κ3) is 9.22. The van der Waals surface area contributed by atoms with Gasteiger partial charge >= 0.3 is 0 Å². The van der Waals surface area contributed by atoms with Crippen LogP contribution in [0.4, 0.5) is 5.69 Å². The van der Waals surface area contributed by atoms with Gasteiger partial charge in [-0.3, -0.25) is 13.9 Å². The zero-order valence-corrected chi connectivity index (χ0v) is 27.2. The summed E-state index contributed by atoms with van der Waals surface area (Å²) in [6, 6.07) is 20.6. The fourth-order valence-electron chi connectivity index (χ4n) is 4.38. The average Bonchev–Trinajstić information content (AvgIpc) is 2.93. The molecule has 3 aromatic rings. The molecular formula is C31H38BrN3O6S. The van der Waals surface area contributed by atoms with Crippen molar-refractivity contribution >= 4 is 43.5 Å². The maximum Gasteiger partial charge on any atom is 0.244 e. The van der Waals surface area contributed by atoms with Crippen LogP contribution in [0.5, 0.6) is 11.5 Å². The smallest absolute Gasteiger partial charge is 0.244 e. The van der Waals surface area contributed by atoms with Gasteiger partial charge in [0.25, 0.3) is 0 Å². The summed E-state index contributed by atoms with van der Waals surface area (Å²) in [5.74, 6) is -0.205. The molecular weight excluding hydrogens is 622 g/mol. The zero-order valence-electron chi connectivity index (χ0n) is 24.8. The third-order valence-electron chi connectivity index (χ3n) is 6.37. The molecule has 0 aliphatic heterocycles. The number of nitrogens with one attached hydrogen (secondary N) is 1. The first-order valence-corrected chi connectivity index (χ1v) is 16.0. The van der Waals surface area contributed by atoms with Crippen molar-refractivity contribution in [2.45, 2.75) is 45.3 Å². The van der Waals surface area contributed by atoms with Gasteiger partial charge in [-0.05, 0) is 56.2 Å². The van der Waals surface area contributed by atoms with Crippen molar-refractivity contribution in [3.63, 3.8) is 0 Å². The summed E-state index contributed by atoms with van der Waals surface area (Å²) in [5, 5.41) is 3.01. The second-order valence-corrected chi connectivity index (χ2v) is 13.7. The molecule has 0 radical (unpaired) electrons. The maximum absolute atomic E-state index is 14.2. The monoisotopic (exact) mass is 659 g/mol. The molecule has 1 N–H and O–H groups in total. The summed E-state index contributed by atoms with van der Waals surface area (Å²) in [7, 11) is -1.05. The number of anilines is 1. The van der Waals surface area contributed by atoms with E-state index in [4.69, 9.17) is 9.47 Å². The second-order valence-electron chi connectivity index (χ2n) is 10.9. The summed E-state index contributed by atoms with van der Waals surface area (Å²) < 4.78 is 38.7. The summed E-state index contributed by atoms with van der Waals surface area (Å²) in [4.78, 5) is 29.5. The van der Waals surface area contributed by atoms with E-state index < -0.39 is 34.1 Å². The minimum Gasteiger partial charge on any atom is -0.497 e. The van der Waals surface area contributed by atoms with Crippen molar-refractivity contribution in [3.8, 4) is 11.5 Å². The predicted molar refractivity (Wildman–Crippen MR) is 168 cm³/mol. The highest BCUT2D eigenvalue weighted by molar-refractivity contribution is 9.10. The van der Waals surface area contributed by atoms with Crippen molar-refractivity contribution in [3.05, 3.63) is 88.4 Å². The molecule has 0 bridgehead atoms. The van der Waals surface area contributed by atoms with Crippen LogP contribution in [-0.2, 0) is 32.6 Å². The summed E-state index contributed by atoms with van der Waals surface area (Å²) in [5.41, 5.74) is 1.25. The number of ether oxygens (including phenoxy) is 2. The molecule has 42 heavy (non-hydrogen) atoms. The first-order valence-electron chi connectivity index (χ1n) is 13.3. The van der Waals surface area contributed by atoms with Crippen LogP contribution in [-0.4, -0.2) is 63.7 Å². The molecule has 0 fully saturated rings. The predicted octanol–water partition coefficient (Wildman–Crippen LogP) is 4.79. The molecule has 0 aliphatic rings. The van der Waals surface area contributed by atoms with E-state index >= 15 is 0 Å². The van der Waals surface area contributed by atoms with E-state index in [1.807, 2.05) is 75.4 Å². The molecule has 0 saturated heterocycles. The number of methoxy groups -OCH3 is 2.